The first-order valence-corrected chi connectivity index (χ1v) is 10.2. The minimum Gasteiger partial charge on any atom is -0.491 e. The van der Waals surface area contributed by atoms with Crippen LogP contribution in [-0.4, -0.2) is 67.5 Å². The molecular weight excluding hydrogens is 443 g/mol. The van der Waals surface area contributed by atoms with Gasteiger partial charge in [-0.15, -0.1) is 0 Å². The number of nitrogens with one attached hydrogen (secondary N) is 2. The number of rotatable bonds is 7. The summed E-state index contributed by atoms with van der Waals surface area (Å²) >= 11 is 0. The lowest BCUT2D eigenvalue weighted by Gasteiger charge is -2.27. The van der Waals surface area contributed by atoms with Gasteiger partial charge in [-0.1, -0.05) is 12.1 Å². The van der Waals surface area contributed by atoms with Crippen LogP contribution in [0.2, 0.25) is 0 Å². The van der Waals surface area contributed by atoms with Crippen molar-refractivity contribution in [3.8, 4) is 5.75 Å². The van der Waals surface area contributed by atoms with Crippen molar-refractivity contribution < 1.29 is 37.3 Å². The van der Waals surface area contributed by atoms with Crippen LogP contribution in [-0.2, 0) is 10.9 Å². The summed E-state index contributed by atoms with van der Waals surface area (Å²) in [6, 6.07) is 10.1. The molecule has 178 valence electrons. The van der Waals surface area contributed by atoms with Crippen molar-refractivity contribution in [2.75, 3.05) is 44.8 Å². The average molecular weight is 467 g/mol. The Morgan fingerprint density at radius 1 is 1.12 bits per heavy atom. The molecule has 3 rings (SSSR count). The van der Waals surface area contributed by atoms with Gasteiger partial charge in [0, 0.05) is 30.9 Å². The first-order valence-electron chi connectivity index (χ1n) is 10.2. The highest BCUT2D eigenvalue weighted by Gasteiger charge is 2.30. The van der Waals surface area contributed by atoms with Crippen LogP contribution in [0.1, 0.15) is 15.9 Å². The summed E-state index contributed by atoms with van der Waals surface area (Å²) in [4.78, 5) is 26.3. The maximum absolute atomic E-state index is 12.7. The average Bonchev–Trinajstić information content (AvgIpc) is 2.81. The number of carbonyl (C=O) groups is 2. The third kappa shape index (κ3) is 7.36. The van der Waals surface area contributed by atoms with E-state index in [0.717, 1.165) is 12.1 Å². The summed E-state index contributed by atoms with van der Waals surface area (Å²) < 4.78 is 48.6. The molecule has 0 aromatic heterocycles. The summed E-state index contributed by atoms with van der Waals surface area (Å²) in [5.74, 6) is -0.209. The molecule has 1 fully saturated rings. The number of ether oxygens (including phenoxy) is 2. The normalized spacial score (nSPS) is 15.0. The zero-order valence-corrected chi connectivity index (χ0v) is 17.6. The van der Waals surface area contributed by atoms with E-state index in [0.29, 0.717) is 37.6 Å². The number of halogens is 3. The first kappa shape index (κ1) is 24.3. The van der Waals surface area contributed by atoms with Gasteiger partial charge in [0.2, 0.25) is 0 Å². The smallest absolute Gasteiger partial charge is 0.416 e. The predicted molar refractivity (Wildman–Crippen MR) is 113 cm³/mol. The zero-order chi connectivity index (χ0) is 23.8. The van der Waals surface area contributed by atoms with Gasteiger partial charge in [0.1, 0.15) is 18.5 Å². The van der Waals surface area contributed by atoms with Crippen molar-refractivity contribution in [3.05, 3.63) is 59.7 Å². The molecule has 0 saturated carbocycles. The lowest BCUT2D eigenvalue weighted by Crippen LogP contribution is -2.40. The summed E-state index contributed by atoms with van der Waals surface area (Å²) in [7, 11) is 0. The van der Waals surface area contributed by atoms with Gasteiger partial charge in [0.15, 0.2) is 0 Å². The van der Waals surface area contributed by atoms with Crippen molar-refractivity contribution in [2.24, 2.45) is 0 Å². The van der Waals surface area contributed by atoms with Crippen molar-refractivity contribution in [1.29, 1.82) is 0 Å². The molecule has 11 heteroatoms. The number of morpholine rings is 1. The summed E-state index contributed by atoms with van der Waals surface area (Å²) in [6.45, 7) is 1.44. The minimum absolute atomic E-state index is 0.0462. The van der Waals surface area contributed by atoms with Crippen LogP contribution in [0.4, 0.5) is 23.7 Å². The monoisotopic (exact) mass is 467 g/mol. The van der Waals surface area contributed by atoms with Crippen molar-refractivity contribution in [3.63, 3.8) is 0 Å². The Balaban J connectivity index is 1.45. The largest absolute Gasteiger partial charge is 0.491 e. The van der Waals surface area contributed by atoms with Crippen molar-refractivity contribution >= 4 is 17.6 Å². The maximum Gasteiger partial charge on any atom is 0.416 e. The van der Waals surface area contributed by atoms with Gasteiger partial charge in [0.25, 0.3) is 5.91 Å². The minimum atomic E-state index is -4.50. The number of aliphatic hydroxyl groups excluding tert-OH is 1. The number of aliphatic hydroxyl groups is 1. The van der Waals surface area contributed by atoms with E-state index in [1.165, 1.54) is 12.1 Å². The van der Waals surface area contributed by atoms with Gasteiger partial charge in [-0.2, -0.15) is 13.2 Å². The molecule has 33 heavy (non-hydrogen) atoms. The SMILES string of the molecule is O=C(NCC(O)COc1cccc(C(F)(F)F)c1)Nc1cccc(C(=O)N2CCOCC2)c1. The fourth-order valence-electron chi connectivity index (χ4n) is 3.08. The van der Waals surface area contributed by atoms with E-state index in [9.17, 15) is 27.9 Å². The number of carbonyl (C=O) groups excluding carboxylic acids is 2. The number of urea groups is 1. The van der Waals surface area contributed by atoms with Crippen LogP contribution in [0.15, 0.2) is 48.5 Å². The van der Waals surface area contributed by atoms with E-state index in [1.54, 1.807) is 29.2 Å². The fourth-order valence-corrected chi connectivity index (χ4v) is 3.08. The predicted octanol–water partition coefficient (Wildman–Crippen LogP) is 2.74. The number of amides is 3. The highest BCUT2D eigenvalue weighted by Crippen LogP contribution is 2.31. The second kappa shape index (κ2) is 11.0. The van der Waals surface area contributed by atoms with E-state index in [-0.39, 0.29) is 24.8 Å². The molecule has 0 bridgehead atoms. The topological polar surface area (TPSA) is 100 Å². The number of alkyl halides is 3. The lowest BCUT2D eigenvalue weighted by atomic mass is 10.1. The van der Waals surface area contributed by atoms with Crippen LogP contribution >= 0.6 is 0 Å². The molecule has 0 spiro atoms. The van der Waals surface area contributed by atoms with Crippen LogP contribution in [0.25, 0.3) is 0 Å². The van der Waals surface area contributed by atoms with E-state index in [2.05, 4.69) is 10.6 Å². The molecule has 0 aliphatic carbocycles. The lowest BCUT2D eigenvalue weighted by molar-refractivity contribution is -0.137. The van der Waals surface area contributed by atoms with E-state index >= 15 is 0 Å². The molecule has 1 saturated heterocycles. The highest BCUT2D eigenvalue weighted by atomic mass is 19.4. The third-order valence-electron chi connectivity index (χ3n) is 4.77. The Hall–Kier alpha value is -3.31. The number of hydrogen-bond acceptors (Lipinski definition) is 5. The molecule has 1 heterocycles. The van der Waals surface area contributed by atoms with Gasteiger partial charge < -0.3 is 30.1 Å². The fraction of sp³-hybridized carbons (Fsp3) is 0.364. The van der Waals surface area contributed by atoms with Crippen LogP contribution in [0.5, 0.6) is 5.75 Å². The molecule has 3 amide bonds. The summed E-state index contributed by atoms with van der Waals surface area (Å²) in [5.41, 5.74) is -0.0492. The van der Waals surface area contributed by atoms with Crippen LogP contribution < -0.4 is 15.4 Å². The molecule has 2 aromatic carbocycles. The maximum atomic E-state index is 12.7. The second-order valence-corrected chi connectivity index (χ2v) is 7.31. The van der Waals surface area contributed by atoms with E-state index < -0.39 is 23.9 Å². The number of anilines is 1. The van der Waals surface area contributed by atoms with E-state index in [1.807, 2.05) is 0 Å². The zero-order valence-electron chi connectivity index (χ0n) is 17.6. The Morgan fingerprint density at radius 2 is 1.85 bits per heavy atom. The molecule has 1 unspecified atom stereocenters. The summed E-state index contributed by atoms with van der Waals surface area (Å²) in [5, 5.41) is 15.0. The Labute approximate surface area is 188 Å². The van der Waals surface area contributed by atoms with Crippen LogP contribution in [0, 0.1) is 0 Å². The molecule has 1 aliphatic rings. The van der Waals surface area contributed by atoms with Gasteiger partial charge in [-0.3, -0.25) is 4.79 Å². The van der Waals surface area contributed by atoms with Crippen molar-refractivity contribution in [2.45, 2.75) is 12.3 Å². The number of nitrogens with zero attached hydrogens (tertiary/aromatic N) is 1. The van der Waals surface area contributed by atoms with Gasteiger partial charge in [0.05, 0.1) is 18.8 Å². The Bertz CT molecular complexity index is 964. The standard InChI is InChI=1S/C22H24F3N3O5/c23-22(24,25)16-4-2-6-19(12-16)33-14-18(29)13-26-21(31)27-17-5-1-3-15(11-17)20(30)28-7-9-32-10-8-28/h1-6,11-12,18,29H,7-10,13-14H2,(H2,26,27,31). The van der Waals surface area contributed by atoms with E-state index in [4.69, 9.17) is 9.47 Å². The van der Waals surface area contributed by atoms with Gasteiger partial charge in [-0.25, -0.2) is 4.79 Å². The molecular formula is C22H24F3N3O5. The first-order chi connectivity index (χ1) is 15.7. The van der Waals surface area contributed by atoms with Gasteiger partial charge >= 0.3 is 12.2 Å². The Kier molecular flexibility index (Phi) is 8.12. The Morgan fingerprint density at radius 3 is 2.58 bits per heavy atom. The molecule has 3 N–H and O–H groups in total. The molecule has 8 nitrogen and oxygen atoms in total. The van der Waals surface area contributed by atoms with Crippen LogP contribution in [0.3, 0.4) is 0 Å². The molecule has 0 radical (unpaired) electrons. The van der Waals surface area contributed by atoms with Crippen molar-refractivity contribution in [1.82, 2.24) is 10.2 Å². The second-order valence-electron chi connectivity index (χ2n) is 7.31. The molecule has 1 atom stereocenters. The highest BCUT2D eigenvalue weighted by molar-refractivity contribution is 5.97. The quantitative estimate of drug-likeness (QED) is 0.582. The number of benzene rings is 2. The summed E-state index contributed by atoms with van der Waals surface area (Å²) in [6.07, 6.45) is -5.65. The number of hydrogen-bond donors (Lipinski definition) is 3. The third-order valence-corrected chi connectivity index (χ3v) is 4.77. The van der Waals surface area contributed by atoms with Gasteiger partial charge in [-0.05, 0) is 36.4 Å². The molecule has 2 aromatic rings. The molecule has 1 aliphatic heterocycles.